The molecule has 20 heavy (non-hydrogen) atoms. The van der Waals surface area contributed by atoms with Crippen LogP contribution in [0.3, 0.4) is 0 Å². The summed E-state index contributed by atoms with van der Waals surface area (Å²) in [5, 5.41) is 13.0. The maximum absolute atomic E-state index is 11.2. The zero-order chi connectivity index (χ0) is 14.8. The fourth-order valence-corrected chi connectivity index (χ4v) is 2.53. The molecule has 0 bridgehead atoms. The van der Waals surface area contributed by atoms with Crippen LogP contribution >= 0.6 is 0 Å². The first-order valence-electron chi connectivity index (χ1n) is 6.04. The van der Waals surface area contributed by atoms with Crippen molar-refractivity contribution in [3.63, 3.8) is 0 Å². The van der Waals surface area contributed by atoms with Gasteiger partial charge in [-0.25, -0.2) is 8.42 Å². The topological polar surface area (TPSA) is 100 Å². The fraction of sp³-hybridized carbons (Fsp3) is 0.417. The summed E-state index contributed by atoms with van der Waals surface area (Å²) in [6.45, 7) is 1.54. The van der Waals surface area contributed by atoms with Crippen LogP contribution in [0.4, 0.5) is 5.69 Å². The first-order valence-corrected chi connectivity index (χ1v) is 7.93. The van der Waals surface area contributed by atoms with Crippen molar-refractivity contribution in [1.82, 2.24) is 5.32 Å². The summed E-state index contributed by atoms with van der Waals surface area (Å²) in [7, 11) is -1.97. The van der Waals surface area contributed by atoms with Crippen LogP contribution in [0.15, 0.2) is 17.1 Å². The molecule has 1 aliphatic heterocycles. The van der Waals surface area contributed by atoms with Gasteiger partial charge in [-0.3, -0.25) is 9.71 Å². The maximum atomic E-state index is 11.2. The van der Waals surface area contributed by atoms with Crippen LogP contribution in [0.25, 0.3) is 0 Å². The molecule has 3 N–H and O–H groups in total. The van der Waals surface area contributed by atoms with Crippen LogP contribution < -0.4 is 14.8 Å². The van der Waals surface area contributed by atoms with Gasteiger partial charge in [0.1, 0.15) is 17.3 Å². The third-order valence-electron chi connectivity index (χ3n) is 2.80. The van der Waals surface area contributed by atoms with Crippen molar-refractivity contribution in [3.05, 3.63) is 17.7 Å². The molecule has 0 radical (unpaired) electrons. The Balaban J connectivity index is 2.31. The number of hydrogen-bond donors (Lipinski definition) is 3. The second kappa shape index (κ2) is 5.58. The molecule has 0 spiro atoms. The molecule has 0 aliphatic carbocycles. The van der Waals surface area contributed by atoms with Crippen molar-refractivity contribution < 1.29 is 18.3 Å². The van der Waals surface area contributed by atoms with Crippen LogP contribution in [-0.2, 0) is 16.4 Å². The summed E-state index contributed by atoms with van der Waals surface area (Å²) in [5.74, 6) is 1.17. The number of anilines is 1. The summed E-state index contributed by atoms with van der Waals surface area (Å²) in [5.41, 5.74) is 0.826. The number of amidine groups is 1. The average Bonchev–Trinajstić information content (AvgIpc) is 2.84. The Labute approximate surface area is 117 Å². The Morgan fingerprint density at radius 1 is 1.50 bits per heavy atom. The zero-order valence-corrected chi connectivity index (χ0v) is 12.1. The molecule has 2 rings (SSSR count). The van der Waals surface area contributed by atoms with E-state index in [9.17, 15) is 13.5 Å². The van der Waals surface area contributed by atoms with E-state index >= 15 is 0 Å². The molecule has 1 heterocycles. The second-order valence-electron chi connectivity index (χ2n) is 4.49. The highest BCUT2D eigenvalue weighted by atomic mass is 32.2. The minimum Gasteiger partial charge on any atom is -0.506 e. The zero-order valence-electron chi connectivity index (χ0n) is 11.3. The van der Waals surface area contributed by atoms with E-state index < -0.39 is 10.0 Å². The quantitative estimate of drug-likeness (QED) is 0.680. The molecule has 0 atom stereocenters. The maximum Gasteiger partial charge on any atom is 0.229 e. The van der Waals surface area contributed by atoms with Crippen molar-refractivity contribution in [3.8, 4) is 11.5 Å². The van der Waals surface area contributed by atoms with Gasteiger partial charge in [-0.2, -0.15) is 0 Å². The molecule has 1 aromatic carbocycles. The van der Waals surface area contributed by atoms with Gasteiger partial charge in [-0.1, -0.05) is 0 Å². The Morgan fingerprint density at radius 3 is 2.80 bits per heavy atom. The molecular weight excluding hydrogens is 282 g/mol. The van der Waals surface area contributed by atoms with Crippen molar-refractivity contribution in [2.75, 3.05) is 31.2 Å². The summed E-state index contributed by atoms with van der Waals surface area (Å²) in [6.07, 6.45) is 1.51. The van der Waals surface area contributed by atoms with Gasteiger partial charge in [0.05, 0.1) is 25.6 Å². The molecule has 0 saturated carbocycles. The Kier molecular flexibility index (Phi) is 4.03. The molecule has 0 fully saturated rings. The van der Waals surface area contributed by atoms with E-state index in [1.807, 2.05) is 0 Å². The van der Waals surface area contributed by atoms with E-state index in [2.05, 4.69) is 15.0 Å². The standard InChI is InChI=1S/C12H17N3O4S/c1-19-11-7-9(15-20(2,17)18)10(16)5-8(11)6-12-13-3-4-14-12/h5,7,15-16H,3-4,6H2,1-2H3,(H,13,14). The minimum absolute atomic E-state index is 0.0921. The predicted octanol–water partition coefficient (Wildman–Crippen LogP) is 0.316. The number of sulfonamides is 1. The number of aliphatic imine (C=N–C) groups is 1. The van der Waals surface area contributed by atoms with Crippen LogP contribution in [-0.4, -0.2) is 45.8 Å². The van der Waals surface area contributed by atoms with Gasteiger partial charge in [-0.15, -0.1) is 0 Å². The number of methoxy groups -OCH3 is 1. The molecule has 110 valence electrons. The van der Waals surface area contributed by atoms with Gasteiger partial charge in [0.15, 0.2) is 0 Å². The SMILES string of the molecule is COc1cc(NS(C)(=O)=O)c(O)cc1CC1=NCCN1. The molecule has 8 heteroatoms. The van der Waals surface area contributed by atoms with Crippen LogP contribution in [0.1, 0.15) is 5.56 Å². The molecule has 0 saturated heterocycles. The summed E-state index contributed by atoms with van der Waals surface area (Å²) >= 11 is 0. The molecule has 0 amide bonds. The van der Waals surface area contributed by atoms with Crippen molar-refractivity contribution in [2.45, 2.75) is 6.42 Å². The first kappa shape index (κ1) is 14.4. The lowest BCUT2D eigenvalue weighted by Gasteiger charge is -2.13. The fourth-order valence-electron chi connectivity index (χ4n) is 1.97. The van der Waals surface area contributed by atoms with Crippen molar-refractivity contribution in [1.29, 1.82) is 0 Å². The number of phenols is 1. The van der Waals surface area contributed by atoms with Gasteiger partial charge in [-0.05, 0) is 6.07 Å². The number of ether oxygens (including phenoxy) is 1. The van der Waals surface area contributed by atoms with Crippen LogP contribution in [0.2, 0.25) is 0 Å². The van der Waals surface area contributed by atoms with Crippen LogP contribution in [0, 0.1) is 0 Å². The molecule has 0 aromatic heterocycles. The van der Waals surface area contributed by atoms with E-state index in [0.29, 0.717) is 12.2 Å². The van der Waals surface area contributed by atoms with Gasteiger partial charge in [0.2, 0.25) is 10.0 Å². The highest BCUT2D eigenvalue weighted by Crippen LogP contribution is 2.33. The predicted molar refractivity (Wildman–Crippen MR) is 77.1 cm³/mol. The van der Waals surface area contributed by atoms with Crippen molar-refractivity contribution >= 4 is 21.5 Å². The Hall–Kier alpha value is -1.96. The van der Waals surface area contributed by atoms with Gasteiger partial charge < -0.3 is 15.2 Å². The number of aromatic hydroxyl groups is 1. The molecule has 7 nitrogen and oxygen atoms in total. The van der Waals surface area contributed by atoms with Gasteiger partial charge >= 0.3 is 0 Å². The highest BCUT2D eigenvalue weighted by molar-refractivity contribution is 7.92. The van der Waals surface area contributed by atoms with E-state index in [-0.39, 0.29) is 11.4 Å². The third kappa shape index (κ3) is 3.53. The minimum atomic E-state index is -3.46. The lowest BCUT2D eigenvalue weighted by atomic mass is 10.1. The third-order valence-corrected chi connectivity index (χ3v) is 3.39. The van der Waals surface area contributed by atoms with E-state index in [0.717, 1.165) is 30.7 Å². The van der Waals surface area contributed by atoms with Crippen molar-refractivity contribution in [2.24, 2.45) is 4.99 Å². The van der Waals surface area contributed by atoms with Crippen LogP contribution in [0.5, 0.6) is 11.5 Å². The van der Waals surface area contributed by atoms with E-state index in [1.54, 1.807) is 0 Å². The summed E-state index contributed by atoms with van der Waals surface area (Å²) in [6, 6.07) is 2.94. The lowest BCUT2D eigenvalue weighted by molar-refractivity contribution is 0.408. The number of nitrogens with one attached hydrogen (secondary N) is 2. The van der Waals surface area contributed by atoms with Gasteiger partial charge in [0, 0.05) is 24.6 Å². The summed E-state index contributed by atoms with van der Waals surface area (Å²) in [4.78, 5) is 4.27. The molecular formula is C12H17N3O4S. The smallest absolute Gasteiger partial charge is 0.229 e. The number of benzene rings is 1. The Bertz CT molecular complexity index is 640. The lowest BCUT2D eigenvalue weighted by Crippen LogP contribution is -2.20. The first-order chi connectivity index (χ1) is 9.39. The molecule has 0 unspecified atom stereocenters. The highest BCUT2D eigenvalue weighted by Gasteiger charge is 2.15. The summed E-state index contributed by atoms with van der Waals surface area (Å²) < 4.78 is 29.9. The average molecular weight is 299 g/mol. The van der Waals surface area contributed by atoms with Gasteiger partial charge in [0.25, 0.3) is 0 Å². The molecule has 1 aromatic rings. The molecule has 1 aliphatic rings. The Morgan fingerprint density at radius 2 is 2.25 bits per heavy atom. The number of nitrogens with zero attached hydrogens (tertiary/aromatic N) is 1. The number of hydrogen-bond acceptors (Lipinski definition) is 6. The number of rotatable bonds is 5. The largest absolute Gasteiger partial charge is 0.506 e. The normalized spacial score (nSPS) is 14.6. The number of phenolic OH excluding ortho intramolecular Hbond substituents is 1. The monoisotopic (exact) mass is 299 g/mol. The van der Waals surface area contributed by atoms with E-state index in [1.165, 1.54) is 19.2 Å². The van der Waals surface area contributed by atoms with E-state index in [4.69, 9.17) is 4.74 Å². The second-order valence-corrected chi connectivity index (χ2v) is 6.24.